The molecule has 3 aliphatic heterocycles. The fraction of sp³-hybridized carbons (Fsp3) is 0.714. The molecule has 148 valence electrons. The summed E-state index contributed by atoms with van der Waals surface area (Å²) in [5, 5.41) is 0. The van der Waals surface area contributed by atoms with Gasteiger partial charge >= 0.3 is 0 Å². The Bertz CT molecular complexity index is 627. The second-order valence-electron chi connectivity index (χ2n) is 8.01. The van der Waals surface area contributed by atoms with E-state index in [2.05, 4.69) is 11.0 Å². The highest BCUT2D eigenvalue weighted by molar-refractivity contribution is 5.92. The molecule has 6 nitrogen and oxygen atoms in total. The van der Waals surface area contributed by atoms with E-state index in [1.807, 2.05) is 17.0 Å². The molecule has 0 bridgehead atoms. The lowest BCUT2D eigenvalue weighted by molar-refractivity contribution is 0.0298. The van der Waals surface area contributed by atoms with Crippen LogP contribution in [0.3, 0.4) is 0 Å². The van der Waals surface area contributed by atoms with Crippen molar-refractivity contribution in [2.24, 2.45) is 5.92 Å². The number of piperidine rings is 1. The number of carbonyl (C=O) groups excluding carboxylic acids is 1. The van der Waals surface area contributed by atoms with Gasteiger partial charge in [-0.1, -0.05) is 6.07 Å². The second kappa shape index (κ2) is 9.13. The van der Waals surface area contributed by atoms with Crippen molar-refractivity contribution in [2.75, 3.05) is 59.2 Å². The Hall–Kier alpha value is -1.50. The largest absolute Gasteiger partial charge is 0.381 e. The van der Waals surface area contributed by atoms with Crippen molar-refractivity contribution < 1.29 is 14.3 Å². The maximum absolute atomic E-state index is 12.7. The summed E-state index contributed by atoms with van der Waals surface area (Å²) in [5.74, 6) is 1.23. The molecule has 0 radical (unpaired) electrons. The lowest BCUT2D eigenvalue weighted by Gasteiger charge is -2.36. The standard InChI is InChI=1S/C21H31N3O3/c25-21(24-9-13-27-14-10-24)20-5-1-4-19(22-20)18-3-2-8-23(16-18)15-17-6-11-26-12-7-17/h1,4-5,17-18H,2-3,6-16H2/t18-/m0/s1. The van der Waals surface area contributed by atoms with Crippen molar-refractivity contribution in [3.8, 4) is 0 Å². The number of carbonyl (C=O) groups is 1. The quantitative estimate of drug-likeness (QED) is 0.810. The van der Waals surface area contributed by atoms with Crippen molar-refractivity contribution >= 4 is 5.91 Å². The third-order valence-corrected chi connectivity index (χ3v) is 6.07. The van der Waals surface area contributed by atoms with Crippen LogP contribution < -0.4 is 0 Å². The number of pyridine rings is 1. The van der Waals surface area contributed by atoms with Gasteiger partial charge in [-0.15, -0.1) is 0 Å². The lowest BCUT2D eigenvalue weighted by Crippen LogP contribution is -2.41. The zero-order chi connectivity index (χ0) is 18.5. The van der Waals surface area contributed by atoms with Crippen LogP contribution in [0.15, 0.2) is 18.2 Å². The number of ether oxygens (including phenoxy) is 2. The number of nitrogens with zero attached hydrogens (tertiary/aromatic N) is 3. The molecule has 1 atom stereocenters. The summed E-state index contributed by atoms with van der Waals surface area (Å²) in [4.78, 5) is 22.0. The fourth-order valence-electron chi connectivity index (χ4n) is 4.48. The van der Waals surface area contributed by atoms with Gasteiger partial charge in [-0.3, -0.25) is 4.79 Å². The normalized spacial score (nSPS) is 25.5. The van der Waals surface area contributed by atoms with Gasteiger partial charge in [0.1, 0.15) is 5.69 Å². The van der Waals surface area contributed by atoms with Crippen LogP contribution in [0.2, 0.25) is 0 Å². The molecule has 0 aliphatic carbocycles. The number of aromatic nitrogens is 1. The van der Waals surface area contributed by atoms with Gasteiger partial charge in [0.25, 0.3) is 5.91 Å². The van der Waals surface area contributed by atoms with E-state index in [9.17, 15) is 4.79 Å². The molecule has 1 amide bonds. The van der Waals surface area contributed by atoms with E-state index < -0.39 is 0 Å². The van der Waals surface area contributed by atoms with Crippen LogP contribution >= 0.6 is 0 Å². The van der Waals surface area contributed by atoms with Gasteiger partial charge in [0.05, 0.1) is 13.2 Å². The van der Waals surface area contributed by atoms with Crippen LogP contribution in [0.25, 0.3) is 0 Å². The van der Waals surface area contributed by atoms with Gasteiger partial charge in [-0.2, -0.15) is 0 Å². The van der Waals surface area contributed by atoms with Gasteiger partial charge in [0.2, 0.25) is 0 Å². The maximum Gasteiger partial charge on any atom is 0.272 e. The molecule has 3 aliphatic rings. The Morgan fingerprint density at radius 2 is 1.81 bits per heavy atom. The van der Waals surface area contributed by atoms with E-state index >= 15 is 0 Å². The molecule has 1 aromatic heterocycles. The zero-order valence-electron chi connectivity index (χ0n) is 16.1. The van der Waals surface area contributed by atoms with Crippen molar-refractivity contribution in [3.05, 3.63) is 29.6 Å². The number of rotatable bonds is 4. The summed E-state index contributed by atoms with van der Waals surface area (Å²) < 4.78 is 10.8. The molecule has 0 aromatic carbocycles. The average Bonchev–Trinajstić information content (AvgIpc) is 2.75. The van der Waals surface area contributed by atoms with Crippen LogP contribution in [0.4, 0.5) is 0 Å². The van der Waals surface area contributed by atoms with Gasteiger partial charge in [0, 0.05) is 51.0 Å². The first-order chi connectivity index (χ1) is 13.3. The van der Waals surface area contributed by atoms with Crippen molar-refractivity contribution in [3.63, 3.8) is 0 Å². The Kier molecular flexibility index (Phi) is 6.37. The van der Waals surface area contributed by atoms with Gasteiger partial charge in [0.15, 0.2) is 0 Å². The number of amides is 1. The average molecular weight is 373 g/mol. The molecule has 3 fully saturated rings. The number of likely N-dealkylation sites (tertiary alicyclic amines) is 1. The molecule has 0 saturated carbocycles. The minimum Gasteiger partial charge on any atom is -0.381 e. The first kappa shape index (κ1) is 18.8. The van der Waals surface area contributed by atoms with E-state index in [0.29, 0.717) is 37.9 Å². The molecular formula is C21H31N3O3. The van der Waals surface area contributed by atoms with Gasteiger partial charge in [-0.05, 0) is 50.3 Å². The molecule has 6 heteroatoms. The number of hydrogen-bond donors (Lipinski definition) is 0. The van der Waals surface area contributed by atoms with Crippen LogP contribution in [-0.2, 0) is 9.47 Å². The molecule has 0 N–H and O–H groups in total. The first-order valence-corrected chi connectivity index (χ1v) is 10.4. The SMILES string of the molecule is O=C(c1cccc([C@H]2CCCN(CC3CCOCC3)C2)n1)N1CCOCC1. The van der Waals surface area contributed by atoms with Crippen LogP contribution in [0.5, 0.6) is 0 Å². The Labute approximate surface area is 161 Å². The summed E-state index contributed by atoms with van der Waals surface area (Å²) in [7, 11) is 0. The Balaban J connectivity index is 1.39. The predicted octanol–water partition coefficient (Wildman–Crippen LogP) is 2.16. The third-order valence-electron chi connectivity index (χ3n) is 6.07. The maximum atomic E-state index is 12.7. The number of hydrogen-bond acceptors (Lipinski definition) is 5. The fourth-order valence-corrected chi connectivity index (χ4v) is 4.48. The summed E-state index contributed by atoms with van der Waals surface area (Å²) in [6, 6.07) is 5.94. The minimum atomic E-state index is 0.0371. The highest BCUT2D eigenvalue weighted by atomic mass is 16.5. The third kappa shape index (κ3) is 4.86. The molecule has 27 heavy (non-hydrogen) atoms. The highest BCUT2D eigenvalue weighted by Crippen LogP contribution is 2.27. The van der Waals surface area contributed by atoms with Gasteiger partial charge < -0.3 is 19.3 Å². The van der Waals surface area contributed by atoms with E-state index in [0.717, 1.165) is 37.8 Å². The highest BCUT2D eigenvalue weighted by Gasteiger charge is 2.26. The smallest absolute Gasteiger partial charge is 0.272 e. The molecule has 0 unspecified atom stereocenters. The molecule has 1 aromatic rings. The van der Waals surface area contributed by atoms with Crippen molar-refractivity contribution in [1.82, 2.24) is 14.8 Å². The van der Waals surface area contributed by atoms with E-state index in [4.69, 9.17) is 14.5 Å². The summed E-state index contributed by atoms with van der Waals surface area (Å²) in [6.07, 6.45) is 4.73. The molecule has 4 rings (SSSR count). The summed E-state index contributed by atoms with van der Waals surface area (Å²) >= 11 is 0. The summed E-state index contributed by atoms with van der Waals surface area (Å²) in [6.45, 7) is 7.79. The lowest BCUT2D eigenvalue weighted by atomic mass is 9.92. The van der Waals surface area contributed by atoms with Crippen LogP contribution in [-0.4, -0.2) is 79.8 Å². The topological polar surface area (TPSA) is 54.9 Å². The van der Waals surface area contributed by atoms with E-state index in [1.54, 1.807) is 0 Å². The van der Waals surface area contributed by atoms with Crippen LogP contribution in [0, 0.1) is 5.92 Å². The van der Waals surface area contributed by atoms with Crippen molar-refractivity contribution in [2.45, 2.75) is 31.6 Å². The predicted molar refractivity (Wildman–Crippen MR) is 103 cm³/mol. The van der Waals surface area contributed by atoms with Crippen LogP contribution in [0.1, 0.15) is 47.8 Å². The summed E-state index contributed by atoms with van der Waals surface area (Å²) in [5.41, 5.74) is 1.65. The van der Waals surface area contributed by atoms with E-state index in [1.165, 1.54) is 32.4 Å². The molecule has 0 spiro atoms. The second-order valence-corrected chi connectivity index (χ2v) is 8.01. The minimum absolute atomic E-state index is 0.0371. The molecular weight excluding hydrogens is 342 g/mol. The molecule has 4 heterocycles. The monoisotopic (exact) mass is 373 g/mol. The Morgan fingerprint density at radius 3 is 2.63 bits per heavy atom. The molecule has 3 saturated heterocycles. The van der Waals surface area contributed by atoms with E-state index in [-0.39, 0.29) is 5.91 Å². The number of morpholine rings is 1. The first-order valence-electron chi connectivity index (χ1n) is 10.4. The Morgan fingerprint density at radius 1 is 1.04 bits per heavy atom. The zero-order valence-corrected chi connectivity index (χ0v) is 16.1. The van der Waals surface area contributed by atoms with Gasteiger partial charge in [-0.25, -0.2) is 4.98 Å². The van der Waals surface area contributed by atoms with Crippen molar-refractivity contribution in [1.29, 1.82) is 0 Å².